The number of nitrogens with one attached hydrogen (secondary N) is 1. The quantitative estimate of drug-likeness (QED) is 0.640. The van der Waals surface area contributed by atoms with Crippen LogP contribution in [0, 0.1) is 5.92 Å². The lowest BCUT2D eigenvalue weighted by atomic mass is 9.96. The first-order chi connectivity index (χ1) is 11.7. The Morgan fingerprint density at radius 2 is 2.08 bits per heavy atom. The summed E-state index contributed by atoms with van der Waals surface area (Å²) >= 11 is 5.20. The normalized spacial score (nSPS) is 20.9. The van der Waals surface area contributed by atoms with Crippen molar-refractivity contribution in [1.29, 1.82) is 0 Å². The van der Waals surface area contributed by atoms with Crippen molar-refractivity contribution in [2.24, 2.45) is 15.9 Å². The van der Waals surface area contributed by atoms with E-state index in [1.54, 1.807) is 0 Å². The minimum absolute atomic E-state index is 0.115. The third-order valence-electron chi connectivity index (χ3n) is 4.04. The van der Waals surface area contributed by atoms with Crippen LogP contribution >= 0.6 is 12.2 Å². The fourth-order valence-corrected chi connectivity index (χ4v) is 3.06. The molecule has 0 spiro atoms. The summed E-state index contributed by atoms with van der Waals surface area (Å²) in [5.74, 6) is 1.03. The number of rotatable bonds is 6. The maximum Gasteiger partial charge on any atom is 0.198 e. The number of fused-ring (bicyclic) bond motifs is 1. The minimum atomic E-state index is 0.115. The SMILES string of the molecule is CN(CCCN=C1NC(=S)N=C2C=CC=CC21)Cc1ccccc1. The molecular formula is C19H22N4S. The maximum atomic E-state index is 5.20. The second kappa shape index (κ2) is 8.13. The Kier molecular flexibility index (Phi) is 5.67. The predicted molar refractivity (Wildman–Crippen MR) is 105 cm³/mol. The molecule has 0 bridgehead atoms. The smallest absolute Gasteiger partial charge is 0.198 e. The summed E-state index contributed by atoms with van der Waals surface area (Å²) in [6.07, 6.45) is 9.14. The molecule has 1 unspecified atom stereocenters. The molecule has 1 atom stereocenters. The number of thiocarbonyl (C=S) groups is 1. The Labute approximate surface area is 148 Å². The van der Waals surface area contributed by atoms with E-state index in [9.17, 15) is 0 Å². The first-order valence-electron chi connectivity index (χ1n) is 8.23. The van der Waals surface area contributed by atoms with Gasteiger partial charge in [-0.15, -0.1) is 0 Å². The second-order valence-corrected chi connectivity index (χ2v) is 6.42. The van der Waals surface area contributed by atoms with Gasteiger partial charge in [0.05, 0.1) is 11.6 Å². The summed E-state index contributed by atoms with van der Waals surface area (Å²) in [7, 11) is 2.15. The molecule has 124 valence electrons. The molecule has 0 radical (unpaired) electrons. The number of allylic oxidation sites excluding steroid dienone is 3. The average molecular weight is 338 g/mol. The molecule has 4 nitrogen and oxygen atoms in total. The van der Waals surface area contributed by atoms with E-state index in [1.807, 2.05) is 24.3 Å². The molecule has 0 amide bonds. The Morgan fingerprint density at radius 1 is 1.25 bits per heavy atom. The standard InChI is InChI=1S/C19H22N4S/c1-23(14-15-8-3-2-4-9-15)13-7-12-20-18-16-10-5-6-11-17(16)21-19(24)22-18/h2-6,8-11,16H,7,12-14H2,1H3,(H,20,22,24). The van der Waals surface area contributed by atoms with Crippen LogP contribution in [0.15, 0.2) is 64.6 Å². The molecule has 1 aliphatic heterocycles. The third kappa shape index (κ3) is 4.46. The molecule has 3 rings (SSSR count). The van der Waals surface area contributed by atoms with Crippen molar-refractivity contribution in [3.63, 3.8) is 0 Å². The molecule has 1 heterocycles. The molecule has 2 aliphatic rings. The van der Waals surface area contributed by atoms with Crippen LogP contribution in [0.5, 0.6) is 0 Å². The van der Waals surface area contributed by atoms with Gasteiger partial charge in [-0.1, -0.05) is 48.6 Å². The summed E-state index contributed by atoms with van der Waals surface area (Å²) in [5.41, 5.74) is 2.31. The van der Waals surface area contributed by atoms with Gasteiger partial charge in [0.2, 0.25) is 0 Å². The second-order valence-electron chi connectivity index (χ2n) is 6.03. The zero-order valence-corrected chi connectivity index (χ0v) is 14.7. The van der Waals surface area contributed by atoms with Crippen molar-refractivity contribution in [3.8, 4) is 0 Å². The highest BCUT2D eigenvalue weighted by molar-refractivity contribution is 7.80. The van der Waals surface area contributed by atoms with Crippen LogP contribution in [0.25, 0.3) is 0 Å². The van der Waals surface area contributed by atoms with Gasteiger partial charge in [0.15, 0.2) is 5.11 Å². The van der Waals surface area contributed by atoms with Gasteiger partial charge < -0.3 is 10.2 Å². The summed E-state index contributed by atoms with van der Waals surface area (Å²) in [4.78, 5) is 11.4. The Bertz CT molecular complexity index is 703. The number of nitrogens with zero attached hydrogens (tertiary/aromatic N) is 3. The number of hydrogen-bond acceptors (Lipinski definition) is 3. The van der Waals surface area contributed by atoms with Crippen molar-refractivity contribution < 1.29 is 0 Å². The fraction of sp³-hybridized carbons (Fsp3) is 0.316. The van der Waals surface area contributed by atoms with Gasteiger partial charge >= 0.3 is 0 Å². The van der Waals surface area contributed by atoms with Gasteiger partial charge in [0, 0.05) is 13.1 Å². The van der Waals surface area contributed by atoms with Gasteiger partial charge in [-0.25, -0.2) is 4.99 Å². The topological polar surface area (TPSA) is 40.0 Å². The van der Waals surface area contributed by atoms with E-state index in [1.165, 1.54) is 5.56 Å². The molecule has 0 saturated heterocycles. The average Bonchev–Trinajstić information content (AvgIpc) is 2.59. The summed E-state index contributed by atoms with van der Waals surface area (Å²) in [5, 5.41) is 3.64. The molecule has 0 saturated carbocycles. The Morgan fingerprint density at radius 3 is 2.92 bits per heavy atom. The molecule has 1 aromatic carbocycles. The fourth-order valence-electron chi connectivity index (χ4n) is 2.85. The lowest BCUT2D eigenvalue weighted by Gasteiger charge is -2.24. The first-order valence-corrected chi connectivity index (χ1v) is 8.64. The lowest BCUT2D eigenvalue weighted by molar-refractivity contribution is 0.324. The molecule has 24 heavy (non-hydrogen) atoms. The maximum absolute atomic E-state index is 5.20. The zero-order chi connectivity index (χ0) is 16.8. The van der Waals surface area contributed by atoms with Crippen LogP contribution < -0.4 is 5.32 Å². The first kappa shape index (κ1) is 16.7. The molecule has 1 aromatic rings. The molecule has 0 aromatic heterocycles. The Hall–Kier alpha value is -2.11. The zero-order valence-electron chi connectivity index (χ0n) is 13.9. The number of amidine groups is 1. The van der Waals surface area contributed by atoms with Gasteiger partial charge in [-0.05, 0) is 43.9 Å². The summed E-state index contributed by atoms with van der Waals surface area (Å²) < 4.78 is 0. The van der Waals surface area contributed by atoms with Crippen molar-refractivity contribution in [3.05, 3.63) is 60.2 Å². The van der Waals surface area contributed by atoms with Crippen LogP contribution in [0.2, 0.25) is 0 Å². The van der Waals surface area contributed by atoms with E-state index in [0.29, 0.717) is 5.11 Å². The molecule has 1 N–H and O–H groups in total. The predicted octanol–water partition coefficient (Wildman–Crippen LogP) is 2.98. The van der Waals surface area contributed by atoms with Crippen molar-refractivity contribution in [2.75, 3.05) is 20.1 Å². The molecule has 5 heteroatoms. The van der Waals surface area contributed by atoms with Crippen LogP contribution in [-0.4, -0.2) is 41.7 Å². The van der Waals surface area contributed by atoms with Gasteiger partial charge in [0.25, 0.3) is 0 Å². The van der Waals surface area contributed by atoms with Crippen LogP contribution in [-0.2, 0) is 6.54 Å². The molecular weight excluding hydrogens is 316 g/mol. The van der Waals surface area contributed by atoms with Crippen LogP contribution in [0.4, 0.5) is 0 Å². The highest BCUT2D eigenvalue weighted by Crippen LogP contribution is 2.15. The largest absolute Gasteiger partial charge is 0.319 e. The highest BCUT2D eigenvalue weighted by atomic mass is 32.1. The monoisotopic (exact) mass is 338 g/mol. The van der Waals surface area contributed by atoms with Gasteiger partial charge in [0.1, 0.15) is 5.84 Å². The summed E-state index contributed by atoms with van der Waals surface area (Å²) in [6.45, 7) is 2.76. The molecule has 1 aliphatic carbocycles. The summed E-state index contributed by atoms with van der Waals surface area (Å²) in [6, 6.07) is 10.5. The van der Waals surface area contributed by atoms with E-state index < -0.39 is 0 Å². The Balaban J connectivity index is 1.49. The lowest BCUT2D eigenvalue weighted by Crippen LogP contribution is -2.42. The van der Waals surface area contributed by atoms with E-state index >= 15 is 0 Å². The highest BCUT2D eigenvalue weighted by Gasteiger charge is 2.24. The van der Waals surface area contributed by atoms with Crippen LogP contribution in [0.3, 0.4) is 0 Å². The van der Waals surface area contributed by atoms with Crippen molar-refractivity contribution in [2.45, 2.75) is 13.0 Å². The van der Waals surface area contributed by atoms with Crippen LogP contribution in [0.1, 0.15) is 12.0 Å². The van der Waals surface area contributed by atoms with Gasteiger partial charge in [-0.2, -0.15) is 0 Å². The number of hydrogen-bond donors (Lipinski definition) is 1. The van der Waals surface area contributed by atoms with Crippen molar-refractivity contribution >= 4 is 28.9 Å². The van der Waals surface area contributed by atoms with Gasteiger partial charge in [-0.3, -0.25) is 4.99 Å². The molecule has 0 fully saturated rings. The van der Waals surface area contributed by atoms with E-state index in [2.05, 4.69) is 52.6 Å². The van der Waals surface area contributed by atoms with Crippen molar-refractivity contribution in [1.82, 2.24) is 10.2 Å². The third-order valence-corrected chi connectivity index (χ3v) is 4.23. The number of benzene rings is 1. The van der Waals surface area contributed by atoms with E-state index in [-0.39, 0.29) is 5.92 Å². The van der Waals surface area contributed by atoms with E-state index in [0.717, 1.165) is 37.6 Å². The van der Waals surface area contributed by atoms with E-state index in [4.69, 9.17) is 17.2 Å². The minimum Gasteiger partial charge on any atom is -0.319 e. The number of aliphatic imine (C=N–C) groups is 2.